The second-order valence-corrected chi connectivity index (χ2v) is 7.24. The van der Waals surface area contributed by atoms with Crippen LogP contribution in [-0.2, 0) is 16.1 Å². The average Bonchev–Trinajstić information content (AvgIpc) is 3.02. The summed E-state index contributed by atoms with van der Waals surface area (Å²) in [5.41, 5.74) is 1.01. The number of carbonyl (C=O) groups is 2. The monoisotopic (exact) mass is 483 g/mol. The SMILES string of the molecule is CCOC(=O)C1=C(Cn2cc(Br)c([N+](=O)[O-])n2)NC(=O)NC1c1ccc(Cl)cc1. The van der Waals surface area contributed by atoms with Gasteiger partial charge in [-0.2, -0.15) is 4.68 Å². The third-order valence-electron chi connectivity index (χ3n) is 4.04. The molecule has 10 nitrogen and oxygen atoms in total. The van der Waals surface area contributed by atoms with Gasteiger partial charge >= 0.3 is 17.8 Å². The Morgan fingerprint density at radius 2 is 2.10 bits per heavy atom. The van der Waals surface area contributed by atoms with Gasteiger partial charge < -0.3 is 25.5 Å². The summed E-state index contributed by atoms with van der Waals surface area (Å²) in [6.07, 6.45) is 1.39. The van der Waals surface area contributed by atoms with Gasteiger partial charge in [0.05, 0.1) is 35.2 Å². The summed E-state index contributed by atoms with van der Waals surface area (Å²) in [6.45, 7) is 1.71. The number of hydrogen-bond donors (Lipinski definition) is 2. The predicted molar refractivity (Wildman–Crippen MR) is 106 cm³/mol. The van der Waals surface area contributed by atoms with Gasteiger partial charge in [0.25, 0.3) is 0 Å². The summed E-state index contributed by atoms with van der Waals surface area (Å²) in [5, 5.41) is 20.7. The van der Waals surface area contributed by atoms with E-state index < -0.39 is 23.0 Å². The zero-order chi connectivity index (χ0) is 21.1. The highest BCUT2D eigenvalue weighted by molar-refractivity contribution is 9.10. The minimum absolute atomic E-state index is 0.0852. The van der Waals surface area contributed by atoms with Gasteiger partial charge in [0.2, 0.25) is 0 Å². The number of nitro groups is 1. The van der Waals surface area contributed by atoms with Crippen LogP contribution in [0.3, 0.4) is 0 Å². The number of benzene rings is 1. The van der Waals surface area contributed by atoms with E-state index in [1.807, 2.05) is 0 Å². The first-order chi connectivity index (χ1) is 13.8. The maximum absolute atomic E-state index is 12.7. The van der Waals surface area contributed by atoms with E-state index in [4.69, 9.17) is 16.3 Å². The molecule has 1 aliphatic rings. The molecule has 3 rings (SSSR count). The number of allylic oxidation sites excluding steroid dienone is 1. The van der Waals surface area contributed by atoms with Gasteiger partial charge in [0.15, 0.2) is 0 Å². The Hall–Kier alpha value is -2.92. The molecule has 12 heteroatoms. The first-order valence-corrected chi connectivity index (χ1v) is 9.57. The lowest BCUT2D eigenvalue weighted by Gasteiger charge is -2.29. The number of rotatable bonds is 6. The molecular weight excluding hydrogens is 470 g/mol. The topological polar surface area (TPSA) is 128 Å². The van der Waals surface area contributed by atoms with Crippen molar-refractivity contribution in [3.63, 3.8) is 0 Å². The number of urea groups is 1. The second kappa shape index (κ2) is 8.62. The number of nitrogens with zero attached hydrogens (tertiary/aromatic N) is 3. The molecule has 1 unspecified atom stereocenters. The molecule has 0 bridgehead atoms. The lowest BCUT2D eigenvalue weighted by Crippen LogP contribution is -2.46. The Bertz CT molecular complexity index is 1000. The Kier molecular flexibility index (Phi) is 6.18. The average molecular weight is 485 g/mol. The van der Waals surface area contributed by atoms with Crippen molar-refractivity contribution in [1.29, 1.82) is 0 Å². The number of carbonyl (C=O) groups excluding carboxylic acids is 2. The number of amides is 2. The standard InChI is InChI=1S/C17H15BrClN5O5/c1-2-29-16(25)13-12(8-23-7-11(18)15(22-23)24(27)28)20-17(26)21-14(13)9-3-5-10(19)6-4-9/h3-7,14H,2,8H2,1H3,(H2,20,21,26). The fraction of sp³-hybridized carbons (Fsp3) is 0.235. The highest BCUT2D eigenvalue weighted by Gasteiger charge is 2.34. The summed E-state index contributed by atoms with van der Waals surface area (Å²) in [7, 11) is 0. The number of ether oxygens (including phenoxy) is 1. The molecule has 1 aromatic heterocycles. The highest BCUT2D eigenvalue weighted by atomic mass is 79.9. The van der Waals surface area contributed by atoms with Crippen molar-refractivity contribution in [3.05, 3.63) is 66.9 Å². The summed E-state index contributed by atoms with van der Waals surface area (Å²) < 4.78 is 6.59. The maximum Gasteiger partial charge on any atom is 0.404 e. The molecule has 0 saturated carbocycles. The highest BCUT2D eigenvalue weighted by Crippen LogP contribution is 2.30. The van der Waals surface area contributed by atoms with E-state index in [1.54, 1.807) is 31.2 Å². The number of hydrogen-bond acceptors (Lipinski definition) is 6. The van der Waals surface area contributed by atoms with E-state index in [0.29, 0.717) is 10.6 Å². The minimum atomic E-state index is -0.788. The van der Waals surface area contributed by atoms with E-state index in [1.165, 1.54) is 10.9 Å². The lowest BCUT2D eigenvalue weighted by molar-refractivity contribution is -0.390. The Labute approximate surface area is 178 Å². The normalized spacial score (nSPS) is 16.2. The van der Waals surface area contributed by atoms with Crippen LogP contribution in [-0.4, -0.2) is 33.3 Å². The van der Waals surface area contributed by atoms with Crippen molar-refractivity contribution < 1.29 is 19.2 Å². The van der Waals surface area contributed by atoms with Crippen molar-refractivity contribution >= 4 is 45.3 Å². The number of aromatic nitrogens is 2. The van der Waals surface area contributed by atoms with E-state index >= 15 is 0 Å². The van der Waals surface area contributed by atoms with Crippen molar-refractivity contribution in [2.45, 2.75) is 19.5 Å². The predicted octanol–water partition coefficient (Wildman–Crippen LogP) is 3.08. The molecule has 0 saturated heterocycles. The van der Waals surface area contributed by atoms with Gasteiger partial charge in [-0.15, -0.1) is 0 Å². The Balaban J connectivity index is 2.06. The Morgan fingerprint density at radius 1 is 1.41 bits per heavy atom. The van der Waals surface area contributed by atoms with Crippen LogP contribution in [0.4, 0.5) is 10.6 Å². The molecule has 1 aromatic carbocycles. The molecule has 152 valence electrons. The molecule has 29 heavy (non-hydrogen) atoms. The largest absolute Gasteiger partial charge is 0.463 e. The molecule has 2 N–H and O–H groups in total. The van der Waals surface area contributed by atoms with Crippen LogP contribution >= 0.6 is 27.5 Å². The van der Waals surface area contributed by atoms with Crippen LogP contribution in [0, 0.1) is 10.1 Å². The lowest BCUT2D eigenvalue weighted by atomic mass is 9.95. The van der Waals surface area contributed by atoms with E-state index in [0.717, 1.165) is 0 Å². The minimum Gasteiger partial charge on any atom is -0.463 e. The number of nitrogens with one attached hydrogen (secondary N) is 2. The summed E-state index contributed by atoms with van der Waals surface area (Å²) >= 11 is 9.01. The fourth-order valence-electron chi connectivity index (χ4n) is 2.85. The van der Waals surface area contributed by atoms with Crippen LogP contribution in [0.15, 0.2) is 46.2 Å². The van der Waals surface area contributed by atoms with Crippen molar-refractivity contribution in [2.24, 2.45) is 0 Å². The van der Waals surface area contributed by atoms with Crippen molar-refractivity contribution in [2.75, 3.05) is 6.61 Å². The number of halogens is 2. The van der Waals surface area contributed by atoms with Gasteiger partial charge in [-0.25, -0.2) is 9.59 Å². The van der Waals surface area contributed by atoms with Crippen LogP contribution in [0.5, 0.6) is 0 Å². The summed E-state index contributed by atoms with van der Waals surface area (Å²) in [5.74, 6) is -1.01. The Morgan fingerprint density at radius 3 is 2.69 bits per heavy atom. The second-order valence-electron chi connectivity index (χ2n) is 5.95. The van der Waals surface area contributed by atoms with E-state index in [-0.39, 0.29) is 34.7 Å². The molecule has 1 atom stereocenters. The van der Waals surface area contributed by atoms with Gasteiger partial charge in [-0.3, -0.25) is 0 Å². The molecule has 2 aromatic rings. The fourth-order valence-corrected chi connectivity index (χ4v) is 3.44. The van der Waals surface area contributed by atoms with Crippen LogP contribution in [0.2, 0.25) is 5.02 Å². The van der Waals surface area contributed by atoms with Crippen LogP contribution in [0.1, 0.15) is 18.5 Å². The third-order valence-corrected chi connectivity index (χ3v) is 4.86. The van der Waals surface area contributed by atoms with Gasteiger partial charge in [-0.1, -0.05) is 23.7 Å². The van der Waals surface area contributed by atoms with Crippen LogP contribution < -0.4 is 10.6 Å². The van der Waals surface area contributed by atoms with Crippen LogP contribution in [0.25, 0.3) is 0 Å². The third kappa shape index (κ3) is 4.57. The van der Waals surface area contributed by atoms with Crippen molar-refractivity contribution in [3.8, 4) is 0 Å². The molecule has 0 fully saturated rings. The quantitative estimate of drug-likeness (QED) is 0.368. The molecule has 0 aliphatic carbocycles. The van der Waals surface area contributed by atoms with E-state index in [2.05, 4.69) is 31.7 Å². The molecule has 0 spiro atoms. The molecule has 2 amide bonds. The van der Waals surface area contributed by atoms with Crippen molar-refractivity contribution in [1.82, 2.24) is 20.4 Å². The van der Waals surface area contributed by atoms with Gasteiger partial charge in [-0.05, 0) is 45.5 Å². The zero-order valence-electron chi connectivity index (χ0n) is 15.0. The van der Waals surface area contributed by atoms with Gasteiger partial charge in [0.1, 0.15) is 11.0 Å². The smallest absolute Gasteiger partial charge is 0.404 e. The first-order valence-electron chi connectivity index (χ1n) is 8.40. The van der Waals surface area contributed by atoms with Gasteiger partial charge in [0, 0.05) is 5.02 Å². The summed E-state index contributed by atoms with van der Waals surface area (Å²) in [4.78, 5) is 35.3. The summed E-state index contributed by atoms with van der Waals surface area (Å²) in [6, 6.07) is 5.33. The molecule has 1 aliphatic heterocycles. The number of esters is 1. The molecule has 2 heterocycles. The zero-order valence-corrected chi connectivity index (χ0v) is 17.4. The van der Waals surface area contributed by atoms with E-state index in [9.17, 15) is 19.7 Å². The molecular formula is C17H15BrClN5O5. The maximum atomic E-state index is 12.7. The first kappa shape index (κ1) is 20.8. The molecule has 0 radical (unpaired) electrons.